The lowest BCUT2D eigenvalue weighted by Crippen LogP contribution is -2.37. The Balaban J connectivity index is 2.06. The van der Waals surface area contributed by atoms with Crippen LogP contribution in [0.2, 0.25) is 0 Å². The van der Waals surface area contributed by atoms with Crippen LogP contribution in [0.15, 0.2) is 0 Å². The van der Waals surface area contributed by atoms with Gasteiger partial charge in [0.1, 0.15) is 0 Å². The maximum atomic E-state index is 11.8. The van der Waals surface area contributed by atoms with Gasteiger partial charge in [-0.1, -0.05) is 13.8 Å². The molecule has 0 aromatic heterocycles. The number of carbonyl (C=O) groups excluding carboxylic acids is 1. The second kappa shape index (κ2) is 7.66. The topological polar surface area (TPSA) is 41.1 Å². The van der Waals surface area contributed by atoms with Gasteiger partial charge in [-0.2, -0.15) is 0 Å². The molecule has 0 atom stereocenters. The molecule has 2 N–H and O–H groups in total. The van der Waals surface area contributed by atoms with E-state index in [1.807, 2.05) is 0 Å². The molecular weight excluding hydrogens is 200 g/mol. The molecule has 0 saturated heterocycles. The normalized spacial score (nSPS) is 25.4. The molecular formula is C13H26N2O. The summed E-state index contributed by atoms with van der Waals surface area (Å²) in [5.74, 6) is 1.36. The summed E-state index contributed by atoms with van der Waals surface area (Å²) in [7, 11) is 0. The molecule has 16 heavy (non-hydrogen) atoms. The molecule has 3 nitrogen and oxygen atoms in total. The highest BCUT2D eigenvalue weighted by Crippen LogP contribution is 2.28. The lowest BCUT2D eigenvalue weighted by Gasteiger charge is -2.25. The lowest BCUT2D eigenvalue weighted by molar-refractivity contribution is -0.126. The molecule has 1 fully saturated rings. The third-order valence-electron chi connectivity index (χ3n) is 3.41. The highest BCUT2D eigenvalue weighted by atomic mass is 16.1. The average molecular weight is 226 g/mol. The van der Waals surface area contributed by atoms with Crippen LogP contribution in [0.5, 0.6) is 0 Å². The van der Waals surface area contributed by atoms with Crippen LogP contribution in [0.3, 0.4) is 0 Å². The molecule has 0 aromatic carbocycles. The summed E-state index contributed by atoms with van der Waals surface area (Å²) in [4.78, 5) is 11.8. The van der Waals surface area contributed by atoms with Crippen molar-refractivity contribution < 1.29 is 4.79 Å². The van der Waals surface area contributed by atoms with Gasteiger partial charge in [0.15, 0.2) is 0 Å². The second-order valence-electron chi connectivity index (χ2n) is 5.00. The van der Waals surface area contributed by atoms with Crippen molar-refractivity contribution in [2.24, 2.45) is 11.8 Å². The first-order chi connectivity index (χ1) is 7.74. The van der Waals surface area contributed by atoms with Gasteiger partial charge < -0.3 is 10.6 Å². The number of amides is 1. The van der Waals surface area contributed by atoms with Gasteiger partial charge in [0.2, 0.25) is 5.91 Å². The van der Waals surface area contributed by atoms with E-state index in [4.69, 9.17) is 0 Å². The van der Waals surface area contributed by atoms with E-state index in [0.29, 0.717) is 0 Å². The molecule has 1 amide bonds. The summed E-state index contributed by atoms with van der Waals surface area (Å²) in [5, 5.41) is 6.31. The molecule has 1 rings (SSSR count). The van der Waals surface area contributed by atoms with Crippen molar-refractivity contribution in [1.82, 2.24) is 10.6 Å². The van der Waals surface area contributed by atoms with Crippen molar-refractivity contribution in [2.45, 2.75) is 46.0 Å². The van der Waals surface area contributed by atoms with E-state index in [1.54, 1.807) is 0 Å². The minimum atomic E-state index is 0.269. The van der Waals surface area contributed by atoms with Crippen LogP contribution in [0.4, 0.5) is 0 Å². The first kappa shape index (κ1) is 13.5. The standard InChI is InChI=1S/C13H26N2O/c1-3-8-14-9-10-15-13(16)12-6-4-11(2)5-7-12/h11-12,14H,3-10H2,1-2H3,(H,15,16). The number of rotatable bonds is 6. The Kier molecular flexibility index (Phi) is 6.46. The Labute approximate surface area is 99.4 Å². The number of nitrogens with one attached hydrogen (secondary N) is 2. The average Bonchev–Trinajstić information content (AvgIpc) is 2.29. The smallest absolute Gasteiger partial charge is 0.223 e. The van der Waals surface area contributed by atoms with Crippen molar-refractivity contribution in [2.75, 3.05) is 19.6 Å². The summed E-state index contributed by atoms with van der Waals surface area (Å²) < 4.78 is 0. The first-order valence-electron chi connectivity index (χ1n) is 6.72. The van der Waals surface area contributed by atoms with Crippen molar-refractivity contribution >= 4 is 5.91 Å². The van der Waals surface area contributed by atoms with E-state index in [9.17, 15) is 4.79 Å². The fraction of sp³-hybridized carbons (Fsp3) is 0.923. The quantitative estimate of drug-likeness (QED) is 0.679. The van der Waals surface area contributed by atoms with Gasteiger partial charge in [-0.15, -0.1) is 0 Å². The van der Waals surface area contributed by atoms with E-state index in [2.05, 4.69) is 24.5 Å². The molecule has 0 bridgehead atoms. The summed E-state index contributed by atoms with van der Waals surface area (Å²) >= 11 is 0. The van der Waals surface area contributed by atoms with Gasteiger partial charge in [0, 0.05) is 19.0 Å². The van der Waals surface area contributed by atoms with Crippen LogP contribution in [-0.2, 0) is 4.79 Å². The fourth-order valence-electron chi connectivity index (χ4n) is 2.24. The molecule has 0 spiro atoms. The number of hydrogen-bond donors (Lipinski definition) is 2. The highest BCUT2D eigenvalue weighted by Gasteiger charge is 2.23. The Morgan fingerprint density at radius 2 is 1.81 bits per heavy atom. The summed E-state index contributed by atoms with van der Waals surface area (Å²) in [5.41, 5.74) is 0. The van der Waals surface area contributed by atoms with E-state index in [-0.39, 0.29) is 11.8 Å². The molecule has 1 aliphatic rings. The third kappa shape index (κ3) is 4.97. The Morgan fingerprint density at radius 1 is 1.12 bits per heavy atom. The van der Waals surface area contributed by atoms with Crippen LogP contribution in [0.1, 0.15) is 46.0 Å². The second-order valence-corrected chi connectivity index (χ2v) is 5.00. The molecule has 3 heteroatoms. The minimum Gasteiger partial charge on any atom is -0.355 e. The van der Waals surface area contributed by atoms with Gasteiger partial charge in [-0.25, -0.2) is 0 Å². The van der Waals surface area contributed by atoms with Crippen LogP contribution in [0, 0.1) is 11.8 Å². The van der Waals surface area contributed by atoms with Crippen LogP contribution in [0.25, 0.3) is 0 Å². The van der Waals surface area contributed by atoms with Crippen LogP contribution < -0.4 is 10.6 Å². The van der Waals surface area contributed by atoms with Gasteiger partial charge in [0.05, 0.1) is 0 Å². The molecule has 0 radical (unpaired) electrons. The van der Waals surface area contributed by atoms with Crippen LogP contribution in [-0.4, -0.2) is 25.5 Å². The van der Waals surface area contributed by atoms with E-state index in [1.165, 1.54) is 12.8 Å². The molecule has 0 heterocycles. The van der Waals surface area contributed by atoms with E-state index < -0.39 is 0 Å². The lowest BCUT2D eigenvalue weighted by atomic mass is 9.82. The Hall–Kier alpha value is -0.570. The van der Waals surface area contributed by atoms with Crippen molar-refractivity contribution in [3.05, 3.63) is 0 Å². The summed E-state index contributed by atoms with van der Waals surface area (Å²) in [6.45, 7) is 7.13. The van der Waals surface area contributed by atoms with Gasteiger partial charge in [-0.05, 0) is 44.6 Å². The predicted molar refractivity (Wildman–Crippen MR) is 67.3 cm³/mol. The van der Waals surface area contributed by atoms with Crippen LogP contribution >= 0.6 is 0 Å². The molecule has 0 unspecified atom stereocenters. The zero-order valence-electron chi connectivity index (χ0n) is 10.7. The molecule has 94 valence electrons. The molecule has 0 aromatic rings. The molecule has 1 aliphatic carbocycles. The number of hydrogen-bond acceptors (Lipinski definition) is 2. The van der Waals surface area contributed by atoms with Gasteiger partial charge in [-0.3, -0.25) is 4.79 Å². The maximum absolute atomic E-state index is 11.8. The van der Waals surface area contributed by atoms with E-state index in [0.717, 1.165) is 44.8 Å². The zero-order valence-corrected chi connectivity index (χ0v) is 10.7. The van der Waals surface area contributed by atoms with Crippen molar-refractivity contribution in [1.29, 1.82) is 0 Å². The Bertz CT molecular complexity index is 198. The van der Waals surface area contributed by atoms with E-state index >= 15 is 0 Å². The maximum Gasteiger partial charge on any atom is 0.223 e. The largest absolute Gasteiger partial charge is 0.355 e. The molecule has 1 saturated carbocycles. The highest BCUT2D eigenvalue weighted by molar-refractivity contribution is 5.78. The first-order valence-corrected chi connectivity index (χ1v) is 6.72. The predicted octanol–water partition coefficient (Wildman–Crippen LogP) is 1.93. The van der Waals surface area contributed by atoms with Gasteiger partial charge >= 0.3 is 0 Å². The minimum absolute atomic E-state index is 0.269. The zero-order chi connectivity index (χ0) is 11.8. The Morgan fingerprint density at radius 3 is 2.44 bits per heavy atom. The summed E-state index contributed by atoms with van der Waals surface area (Å²) in [6.07, 6.45) is 5.73. The molecule has 0 aliphatic heterocycles. The third-order valence-corrected chi connectivity index (χ3v) is 3.41. The fourth-order valence-corrected chi connectivity index (χ4v) is 2.24. The van der Waals surface area contributed by atoms with Crippen molar-refractivity contribution in [3.63, 3.8) is 0 Å². The summed E-state index contributed by atoms with van der Waals surface area (Å²) in [6, 6.07) is 0. The van der Waals surface area contributed by atoms with Gasteiger partial charge in [0.25, 0.3) is 0 Å². The van der Waals surface area contributed by atoms with Crippen molar-refractivity contribution in [3.8, 4) is 0 Å². The monoisotopic (exact) mass is 226 g/mol. The number of carbonyl (C=O) groups is 1. The SMILES string of the molecule is CCCNCCNC(=O)C1CCC(C)CC1.